The molecule has 1 aliphatic rings. The summed E-state index contributed by atoms with van der Waals surface area (Å²) in [5.74, 6) is 0.823. The van der Waals surface area contributed by atoms with E-state index in [2.05, 4.69) is 5.32 Å². The summed E-state index contributed by atoms with van der Waals surface area (Å²) in [4.78, 5) is 12.6. The van der Waals surface area contributed by atoms with Crippen molar-refractivity contribution in [1.29, 1.82) is 0 Å². The Balaban J connectivity index is 2.08. The molecule has 0 unspecified atom stereocenters. The average molecular weight is 276 g/mol. The molecule has 0 radical (unpaired) electrons. The monoisotopic (exact) mass is 276 g/mol. The Labute approximate surface area is 120 Å². The number of rotatable bonds is 5. The normalized spacial score (nSPS) is 17.5. The fourth-order valence-electron chi connectivity index (χ4n) is 2.85. The van der Waals surface area contributed by atoms with Gasteiger partial charge in [0.1, 0.15) is 5.75 Å². The van der Waals surface area contributed by atoms with Crippen molar-refractivity contribution in [2.45, 2.75) is 39.0 Å². The van der Waals surface area contributed by atoms with Gasteiger partial charge in [0.05, 0.1) is 12.0 Å². The Morgan fingerprint density at radius 3 is 2.75 bits per heavy atom. The second kappa shape index (κ2) is 6.75. The minimum absolute atomic E-state index is 0.0494. The van der Waals surface area contributed by atoms with Gasteiger partial charge in [0.2, 0.25) is 5.91 Å². The zero-order chi connectivity index (χ0) is 14.4. The van der Waals surface area contributed by atoms with Gasteiger partial charge >= 0.3 is 0 Å². The van der Waals surface area contributed by atoms with E-state index in [-0.39, 0.29) is 11.3 Å². The van der Waals surface area contributed by atoms with E-state index in [0.717, 1.165) is 37.1 Å². The van der Waals surface area contributed by atoms with Crippen LogP contribution in [0.25, 0.3) is 0 Å². The summed E-state index contributed by atoms with van der Waals surface area (Å²) in [6.45, 7) is 2.98. The Morgan fingerprint density at radius 1 is 1.35 bits per heavy atom. The summed E-state index contributed by atoms with van der Waals surface area (Å²) in [5.41, 5.74) is 6.27. The van der Waals surface area contributed by atoms with Crippen molar-refractivity contribution < 1.29 is 9.53 Å². The van der Waals surface area contributed by atoms with Crippen molar-refractivity contribution >= 4 is 11.6 Å². The molecule has 4 nitrogen and oxygen atoms in total. The number of ether oxygens (including phenoxy) is 1. The maximum atomic E-state index is 12.6. The largest absolute Gasteiger partial charge is 0.494 e. The Bertz CT molecular complexity index is 454. The summed E-state index contributed by atoms with van der Waals surface area (Å²) < 4.78 is 5.45. The minimum Gasteiger partial charge on any atom is -0.494 e. The molecule has 1 saturated carbocycles. The molecule has 3 N–H and O–H groups in total. The van der Waals surface area contributed by atoms with Gasteiger partial charge in [-0.05, 0) is 31.9 Å². The molecule has 20 heavy (non-hydrogen) atoms. The van der Waals surface area contributed by atoms with Gasteiger partial charge in [-0.3, -0.25) is 4.79 Å². The van der Waals surface area contributed by atoms with Crippen molar-refractivity contribution in [2.75, 3.05) is 18.5 Å². The highest BCUT2D eigenvalue weighted by Gasteiger charge is 2.38. The maximum Gasteiger partial charge on any atom is 0.231 e. The van der Waals surface area contributed by atoms with E-state index >= 15 is 0 Å². The lowest BCUT2D eigenvalue weighted by atomic mass is 9.73. The molecular weight excluding hydrogens is 252 g/mol. The second-order valence-electron chi connectivity index (χ2n) is 5.46. The molecule has 0 spiro atoms. The van der Waals surface area contributed by atoms with Gasteiger partial charge in [0.15, 0.2) is 0 Å². The Hall–Kier alpha value is -1.55. The van der Waals surface area contributed by atoms with Crippen LogP contribution in [0, 0.1) is 5.41 Å². The van der Waals surface area contributed by atoms with Crippen LogP contribution >= 0.6 is 0 Å². The van der Waals surface area contributed by atoms with Crippen LogP contribution in [0.5, 0.6) is 5.75 Å². The first-order chi connectivity index (χ1) is 9.70. The topological polar surface area (TPSA) is 64.3 Å². The van der Waals surface area contributed by atoms with Crippen LogP contribution in [0.4, 0.5) is 5.69 Å². The van der Waals surface area contributed by atoms with Gasteiger partial charge in [0.25, 0.3) is 0 Å². The third kappa shape index (κ3) is 3.31. The molecule has 110 valence electrons. The molecule has 0 aromatic heterocycles. The number of hydrogen-bond donors (Lipinski definition) is 2. The van der Waals surface area contributed by atoms with E-state index in [0.29, 0.717) is 13.2 Å². The molecule has 0 saturated heterocycles. The van der Waals surface area contributed by atoms with Crippen molar-refractivity contribution in [3.63, 3.8) is 0 Å². The number of carbonyl (C=O) groups is 1. The van der Waals surface area contributed by atoms with Gasteiger partial charge in [0, 0.05) is 18.3 Å². The number of benzene rings is 1. The highest BCUT2D eigenvalue weighted by atomic mass is 16.5. The Morgan fingerprint density at radius 2 is 2.10 bits per heavy atom. The first kappa shape index (κ1) is 14.9. The summed E-state index contributed by atoms with van der Waals surface area (Å²) in [5, 5.41) is 3.00. The van der Waals surface area contributed by atoms with Gasteiger partial charge in [-0.25, -0.2) is 0 Å². The van der Waals surface area contributed by atoms with E-state index in [1.54, 1.807) is 0 Å². The third-order valence-corrected chi connectivity index (χ3v) is 4.09. The predicted octanol–water partition coefficient (Wildman–Crippen LogP) is 2.93. The number of hydrogen-bond acceptors (Lipinski definition) is 3. The van der Waals surface area contributed by atoms with E-state index < -0.39 is 0 Å². The molecule has 4 heteroatoms. The van der Waals surface area contributed by atoms with E-state index in [1.807, 2.05) is 31.2 Å². The summed E-state index contributed by atoms with van der Waals surface area (Å²) >= 11 is 0. The molecule has 1 aromatic carbocycles. The zero-order valence-electron chi connectivity index (χ0n) is 12.2. The van der Waals surface area contributed by atoms with Crippen LogP contribution in [-0.2, 0) is 4.79 Å². The predicted molar refractivity (Wildman–Crippen MR) is 80.8 cm³/mol. The standard InChI is InChI=1S/C16H24N2O2/c1-2-20-14-8-6-7-13(11-14)18-15(19)16(12-17)9-4-3-5-10-16/h6-8,11H,2-5,9-10,12,17H2,1H3,(H,18,19). The molecule has 0 aliphatic heterocycles. The first-order valence-electron chi connectivity index (χ1n) is 7.44. The van der Waals surface area contributed by atoms with Gasteiger partial charge in [-0.15, -0.1) is 0 Å². The van der Waals surface area contributed by atoms with Crippen molar-refractivity contribution in [3.8, 4) is 5.75 Å². The molecule has 1 aromatic rings. The van der Waals surface area contributed by atoms with Gasteiger partial charge < -0.3 is 15.8 Å². The minimum atomic E-state index is -0.389. The van der Waals surface area contributed by atoms with Crippen LogP contribution in [0.15, 0.2) is 24.3 Å². The number of nitrogens with one attached hydrogen (secondary N) is 1. The highest BCUT2D eigenvalue weighted by Crippen LogP contribution is 2.36. The average Bonchev–Trinajstić information content (AvgIpc) is 2.48. The van der Waals surface area contributed by atoms with Crippen molar-refractivity contribution in [3.05, 3.63) is 24.3 Å². The highest BCUT2D eigenvalue weighted by molar-refractivity contribution is 5.95. The van der Waals surface area contributed by atoms with Crippen LogP contribution < -0.4 is 15.8 Å². The summed E-state index contributed by atoms with van der Waals surface area (Å²) in [7, 11) is 0. The lowest BCUT2D eigenvalue weighted by Crippen LogP contribution is -2.43. The molecule has 1 aliphatic carbocycles. The third-order valence-electron chi connectivity index (χ3n) is 4.09. The quantitative estimate of drug-likeness (QED) is 0.869. The smallest absolute Gasteiger partial charge is 0.231 e. The number of carbonyl (C=O) groups excluding carboxylic acids is 1. The lowest BCUT2D eigenvalue weighted by molar-refractivity contribution is -0.126. The molecule has 1 amide bonds. The SMILES string of the molecule is CCOc1cccc(NC(=O)C2(CN)CCCCC2)c1. The summed E-state index contributed by atoms with van der Waals surface area (Å²) in [6.07, 6.45) is 5.16. The zero-order valence-corrected chi connectivity index (χ0v) is 12.2. The maximum absolute atomic E-state index is 12.6. The van der Waals surface area contributed by atoms with Crippen LogP contribution in [0.2, 0.25) is 0 Å². The Kier molecular flexibility index (Phi) is 5.01. The van der Waals surface area contributed by atoms with Gasteiger partial charge in [-0.1, -0.05) is 25.3 Å². The fourth-order valence-corrected chi connectivity index (χ4v) is 2.85. The van der Waals surface area contributed by atoms with Crippen LogP contribution in [0.3, 0.4) is 0 Å². The molecule has 0 atom stereocenters. The first-order valence-corrected chi connectivity index (χ1v) is 7.44. The van der Waals surface area contributed by atoms with Gasteiger partial charge in [-0.2, -0.15) is 0 Å². The van der Waals surface area contributed by atoms with Crippen LogP contribution in [-0.4, -0.2) is 19.1 Å². The number of anilines is 1. The van der Waals surface area contributed by atoms with E-state index in [9.17, 15) is 4.79 Å². The molecular formula is C16H24N2O2. The van der Waals surface area contributed by atoms with E-state index in [1.165, 1.54) is 6.42 Å². The number of amides is 1. The fraction of sp³-hybridized carbons (Fsp3) is 0.562. The lowest BCUT2D eigenvalue weighted by Gasteiger charge is -2.34. The van der Waals surface area contributed by atoms with Crippen LogP contribution in [0.1, 0.15) is 39.0 Å². The molecule has 0 bridgehead atoms. The summed E-state index contributed by atoms with van der Waals surface area (Å²) in [6, 6.07) is 7.51. The second-order valence-corrected chi connectivity index (χ2v) is 5.46. The molecule has 1 fully saturated rings. The molecule has 2 rings (SSSR count). The number of nitrogens with two attached hydrogens (primary N) is 1. The van der Waals surface area contributed by atoms with Crippen molar-refractivity contribution in [1.82, 2.24) is 0 Å². The molecule has 0 heterocycles. The van der Waals surface area contributed by atoms with Crippen molar-refractivity contribution in [2.24, 2.45) is 11.1 Å². The van der Waals surface area contributed by atoms with E-state index in [4.69, 9.17) is 10.5 Å².